The van der Waals surface area contributed by atoms with Gasteiger partial charge in [0.1, 0.15) is 0 Å². The number of rotatable bonds is 9. The number of hydrogen-bond donors (Lipinski definition) is 2. The van der Waals surface area contributed by atoms with Gasteiger partial charge in [-0.3, -0.25) is 9.59 Å². The lowest BCUT2D eigenvalue weighted by molar-refractivity contribution is -0.130. The summed E-state index contributed by atoms with van der Waals surface area (Å²) < 4.78 is 21.5. The average Bonchev–Trinajstić information content (AvgIpc) is 2.91. The number of aromatic hydroxyl groups is 1. The summed E-state index contributed by atoms with van der Waals surface area (Å²) in [5.41, 5.74) is 1.71. The zero-order valence-electron chi connectivity index (χ0n) is 20.5. The maximum absolute atomic E-state index is 13.4. The zero-order valence-corrected chi connectivity index (χ0v) is 20.5. The minimum atomic E-state index is -0.565. The molecule has 3 aromatic carbocycles. The van der Waals surface area contributed by atoms with Crippen molar-refractivity contribution in [3.05, 3.63) is 71.8 Å². The molecule has 0 unspecified atom stereocenters. The van der Waals surface area contributed by atoms with Crippen molar-refractivity contribution >= 4 is 17.5 Å². The van der Waals surface area contributed by atoms with Gasteiger partial charge in [0.2, 0.25) is 11.7 Å². The number of hydrogen-bond acceptors (Lipinski definition) is 7. The number of carbonyl (C=O) groups is 2. The van der Waals surface area contributed by atoms with Gasteiger partial charge in [-0.2, -0.15) is 0 Å². The van der Waals surface area contributed by atoms with Gasteiger partial charge < -0.3 is 34.3 Å². The SMILES string of the molecule is COc1ccc([C@H]2[C@H](CNC(=O)c3ccccc3)C(=O)N2c2cc(OC)c(OC)c(OC)c2)cc1O. The van der Waals surface area contributed by atoms with E-state index < -0.39 is 12.0 Å². The largest absolute Gasteiger partial charge is 0.504 e. The van der Waals surface area contributed by atoms with Gasteiger partial charge in [-0.25, -0.2) is 0 Å². The first kappa shape index (κ1) is 24.7. The van der Waals surface area contributed by atoms with Crippen molar-refractivity contribution in [3.63, 3.8) is 0 Å². The molecule has 9 heteroatoms. The molecule has 0 saturated carbocycles. The Morgan fingerprint density at radius 3 is 2.08 bits per heavy atom. The van der Waals surface area contributed by atoms with Crippen molar-refractivity contribution in [2.45, 2.75) is 6.04 Å². The first-order valence-electron chi connectivity index (χ1n) is 11.3. The molecule has 9 nitrogen and oxygen atoms in total. The molecule has 1 aliphatic rings. The molecule has 0 radical (unpaired) electrons. The number of β-lactam (4-membered cyclic amide) rings is 1. The van der Waals surface area contributed by atoms with E-state index in [-0.39, 0.29) is 24.1 Å². The molecule has 1 aliphatic heterocycles. The number of carbonyl (C=O) groups excluding carboxylic acids is 2. The number of nitrogens with one attached hydrogen (secondary N) is 1. The molecule has 1 saturated heterocycles. The standard InChI is InChI=1S/C27H28N2O7/c1-33-21-11-10-17(12-20(21)30)24-19(15-28-26(31)16-8-6-5-7-9-16)27(32)29(24)18-13-22(34-2)25(36-4)23(14-18)35-3/h5-14,19,24,30H,15H2,1-4H3,(H,28,31)/t19-,24-/m0/s1. The van der Waals surface area contributed by atoms with Crippen LogP contribution in [0.1, 0.15) is 22.0 Å². The zero-order chi connectivity index (χ0) is 25.8. The van der Waals surface area contributed by atoms with Crippen molar-refractivity contribution in [3.8, 4) is 28.7 Å². The van der Waals surface area contributed by atoms with Crippen LogP contribution in [0, 0.1) is 5.92 Å². The number of methoxy groups -OCH3 is 4. The second kappa shape index (κ2) is 10.5. The molecule has 0 aliphatic carbocycles. The molecule has 0 aromatic heterocycles. The fourth-order valence-corrected chi connectivity index (χ4v) is 4.41. The van der Waals surface area contributed by atoms with Gasteiger partial charge in [-0.05, 0) is 29.8 Å². The van der Waals surface area contributed by atoms with Crippen LogP contribution in [0.2, 0.25) is 0 Å². The van der Waals surface area contributed by atoms with E-state index in [0.717, 1.165) is 0 Å². The summed E-state index contributed by atoms with van der Waals surface area (Å²) in [6.45, 7) is 0.116. The molecule has 36 heavy (non-hydrogen) atoms. The predicted octanol–water partition coefficient (Wildman–Crippen LogP) is 3.56. The summed E-state index contributed by atoms with van der Waals surface area (Å²) in [6, 6.07) is 16.7. The summed E-state index contributed by atoms with van der Waals surface area (Å²) in [7, 11) is 5.97. The fraction of sp³-hybridized carbons (Fsp3) is 0.259. The van der Waals surface area contributed by atoms with Crippen LogP contribution in [0.3, 0.4) is 0 Å². The van der Waals surface area contributed by atoms with Crippen molar-refractivity contribution in [2.75, 3.05) is 39.9 Å². The number of anilines is 1. The summed E-state index contributed by atoms with van der Waals surface area (Å²) >= 11 is 0. The minimum absolute atomic E-state index is 0.0498. The molecule has 1 heterocycles. The van der Waals surface area contributed by atoms with Crippen LogP contribution in [0.25, 0.3) is 0 Å². The van der Waals surface area contributed by atoms with Crippen LogP contribution in [0.15, 0.2) is 60.7 Å². The van der Waals surface area contributed by atoms with Gasteiger partial charge in [0, 0.05) is 24.2 Å². The Bertz CT molecular complexity index is 1240. The molecule has 2 atom stereocenters. The smallest absolute Gasteiger partial charge is 0.251 e. The van der Waals surface area contributed by atoms with E-state index in [1.165, 1.54) is 28.4 Å². The summed E-state index contributed by atoms with van der Waals surface area (Å²) in [5, 5.41) is 13.3. The Balaban J connectivity index is 1.69. The van der Waals surface area contributed by atoms with Crippen LogP contribution >= 0.6 is 0 Å². The van der Waals surface area contributed by atoms with Gasteiger partial charge in [0.25, 0.3) is 5.91 Å². The molecule has 2 amide bonds. The Morgan fingerprint density at radius 1 is 0.889 bits per heavy atom. The maximum Gasteiger partial charge on any atom is 0.251 e. The Labute approximate surface area is 209 Å². The highest BCUT2D eigenvalue weighted by Crippen LogP contribution is 2.49. The summed E-state index contributed by atoms with van der Waals surface area (Å²) in [6.07, 6.45) is 0. The summed E-state index contributed by atoms with van der Waals surface area (Å²) in [5.74, 6) is 0.438. The van der Waals surface area contributed by atoms with Crippen molar-refractivity contribution < 1.29 is 33.6 Å². The first-order chi connectivity index (χ1) is 17.4. The molecule has 0 bridgehead atoms. The number of phenols is 1. The highest BCUT2D eigenvalue weighted by Gasteiger charge is 2.49. The van der Waals surface area contributed by atoms with Crippen LogP contribution in [-0.2, 0) is 4.79 Å². The summed E-state index contributed by atoms with van der Waals surface area (Å²) in [4.78, 5) is 27.6. The third-order valence-corrected chi connectivity index (χ3v) is 6.20. The van der Waals surface area contributed by atoms with Crippen LogP contribution in [-0.4, -0.2) is 51.9 Å². The first-order valence-corrected chi connectivity index (χ1v) is 11.3. The fourth-order valence-electron chi connectivity index (χ4n) is 4.41. The Hall–Kier alpha value is -4.40. The molecular weight excluding hydrogens is 464 g/mol. The molecule has 0 spiro atoms. The Morgan fingerprint density at radius 2 is 1.53 bits per heavy atom. The second-order valence-corrected chi connectivity index (χ2v) is 8.15. The molecule has 4 rings (SSSR count). The van der Waals surface area contributed by atoms with E-state index in [9.17, 15) is 14.7 Å². The maximum atomic E-state index is 13.4. The van der Waals surface area contributed by atoms with Gasteiger partial charge in [0.15, 0.2) is 23.0 Å². The van der Waals surface area contributed by atoms with E-state index in [4.69, 9.17) is 18.9 Å². The van der Waals surface area contributed by atoms with Crippen molar-refractivity contribution in [2.24, 2.45) is 5.92 Å². The molecule has 188 valence electrons. The number of benzene rings is 3. The van der Waals surface area contributed by atoms with Crippen LogP contribution in [0.4, 0.5) is 5.69 Å². The minimum Gasteiger partial charge on any atom is -0.504 e. The predicted molar refractivity (Wildman–Crippen MR) is 133 cm³/mol. The highest BCUT2D eigenvalue weighted by atomic mass is 16.5. The van der Waals surface area contributed by atoms with Gasteiger partial charge in [-0.15, -0.1) is 0 Å². The molecule has 3 aromatic rings. The normalized spacial score (nSPS) is 16.7. The number of phenolic OH excluding ortho intramolecular Hbond substituents is 1. The van der Waals surface area contributed by atoms with Crippen LogP contribution < -0.4 is 29.2 Å². The van der Waals surface area contributed by atoms with Gasteiger partial charge in [-0.1, -0.05) is 24.3 Å². The molecule has 1 fully saturated rings. The number of amides is 2. The lowest BCUT2D eigenvalue weighted by Crippen LogP contribution is -2.58. The van der Waals surface area contributed by atoms with E-state index in [2.05, 4.69) is 5.32 Å². The molecule has 2 N–H and O–H groups in total. The topological polar surface area (TPSA) is 107 Å². The third-order valence-electron chi connectivity index (χ3n) is 6.20. The van der Waals surface area contributed by atoms with Crippen molar-refractivity contribution in [1.82, 2.24) is 5.32 Å². The Kier molecular flexibility index (Phi) is 7.19. The lowest BCUT2D eigenvalue weighted by atomic mass is 9.81. The highest BCUT2D eigenvalue weighted by molar-refractivity contribution is 6.04. The monoisotopic (exact) mass is 492 g/mol. The van der Waals surface area contributed by atoms with E-state index in [0.29, 0.717) is 39.8 Å². The van der Waals surface area contributed by atoms with Crippen molar-refractivity contribution in [1.29, 1.82) is 0 Å². The van der Waals surface area contributed by atoms with E-state index >= 15 is 0 Å². The lowest BCUT2D eigenvalue weighted by Gasteiger charge is -2.47. The number of ether oxygens (including phenoxy) is 4. The van der Waals surface area contributed by atoms with E-state index in [1.54, 1.807) is 59.5 Å². The van der Waals surface area contributed by atoms with Gasteiger partial charge in [0.05, 0.1) is 46.1 Å². The van der Waals surface area contributed by atoms with E-state index in [1.807, 2.05) is 6.07 Å². The third kappa shape index (κ3) is 4.47. The van der Waals surface area contributed by atoms with Gasteiger partial charge >= 0.3 is 0 Å². The average molecular weight is 493 g/mol. The number of nitrogens with zero attached hydrogens (tertiary/aromatic N) is 1. The van der Waals surface area contributed by atoms with Crippen LogP contribution in [0.5, 0.6) is 28.7 Å². The second-order valence-electron chi connectivity index (χ2n) is 8.15. The molecular formula is C27H28N2O7. The quantitative estimate of drug-likeness (QED) is 0.440.